The van der Waals surface area contributed by atoms with E-state index in [-0.39, 0.29) is 5.75 Å². The fraction of sp³-hybridized carbons (Fsp3) is 0.632. The Labute approximate surface area is 164 Å². The SMILES string of the molecule is CCNC(=NCc1ccc(OCC(F)(F)F)cc1)NCC1CN(C)CCN1C. The molecule has 1 unspecified atom stereocenters. The zero-order valence-electron chi connectivity index (χ0n) is 16.7. The number of aliphatic imine (C=N–C) groups is 1. The molecule has 2 N–H and O–H groups in total. The van der Waals surface area contributed by atoms with Crippen LogP contribution < -0.4 is 15.4 Å². The van der Waals surface area contributed by atoms with Crippen molar-refractivity contribution in [1.82, 2.24) is 20.4 Å². The molecule has 1 saturated heterocycles. The van der Waals surface area contributed by atoms with E-state index in [0.29, 0.717) is 12.6 Å². The Morgan fingerprint density at radius 2 is 1.89 bits per heavy atom. The van der Waals surface area contributed by atoms with Gasteiger partial charge in [-0.3, -0.25) is 4.90 Å². The summed E-state index contributed by atoms with van der Waals surface area (Å²) < 4.78 is 41.3. The van der Waals surface area contributed by atoms with Crippen molar-refractivity contribution in [3.63, 3.8) is 0 Å². The molecule has 9 heteroatoms. The number of likely N-dealkylation sites (N-methyl/N-ethyl adjacent to an activating group) is 2. The summed E-state index contributed by atoms with van der Waals surface area (Å²) in [6.07, 6.45) is -4.34. The molecule has 0 amide bonds. The van der Waals surface area contributed by atoms with E-state index in [9.17, 15) is 13.2 Å². The molecule has 2 rings (SSSR count). The number of halogens is 3. The maximum absolute atomic E-state index is 12.2. The quantitative estimate of drug-likeness (QED) is 0.540. The van der Waals surface area contributed by atoms with Crippen molar-refractivity contribution < 1.29 is 17.9 Å². The Kier molecular flexibility index (Phi) is 8.37. The number of nitrogens with zero attached hydrogens (tertiary/aromatic N) is 3. The summed E-state index contributed by atoms with van der Waals surface area (Å²) in [5.74, 6) is 0.918. The Hall–Kier alpha value is -2.00. The second kappa shape index (κ2) is 10.5. The molecule has 1 aliphatic heterocycles. The van der Waals surface area contributed by atoms with Gasteiger partial charge < -0.3 is 20.3 Å². The van der Waals surface area contributed by atoms with Gasteiger partial charge in [-0.2, -0.15) is 13.2 Å². The molecule has 1 aliphatic rings. The normalized spacial score (nSPS) is 19.5. The summed E-state index contributed by atoms with van der Waals surface area (Å²) in [7, 11) is 4.26. The number of benzene rings is 1. The van der Waals surface area contributed by atoms with Crippen molar-refractivity contribution >= 4 is 5.96 Å². The molecule has 1 aromatic rings. The maximum atomic E-state index is 12.2. The van der Waals surface area contributed by atoms with E-state index in [1.54, 1.807) is 12.1 Å². The average Bonchev–Trinajstić information content (AvgIpc) is 2.65. The molecule has 0 spiro atoms. The monoisotopic (exact) mass is 401 g/mol. The van der Waals surface area contributed by atoms with Gasteiger partial charge in [-0.15, -0.1) is 0 Å². The lowest BCUT2D eigenvalue weighted by Crippen LogP contribution is -2.55. The number of hydrogen-bond donors (Lipinski definition) is 2. The Morgan fingerprint density at radius 1 is 1.18 bits per heavy atom. The van der Waals surface area contributed by atoms with Crippen molar-refractivity contribution in [2.45, 2.75) is 25.7 Å². The van der Waals surface area contributed by atoms with Crippen LogP contribution in [0.1, 0.15) is 12.5 Å². The molecule has 158 valence electrons. The van der Waals surface area contributed by atoms with Crippen LogP contribution in [0.4, 0.5) is 13.2 Å². The van der Waals surface area contributed by atoms with Crippen LogP contribution >= 0.6 is 0 Å². The summed E-state index contributed by atoms with van der Waals surface area (Å²) in [6, 6.07) is 6.92. The van der Waals surface area contributed by atoms with Crippen LogP contribution in [0.15, 0.2) is 29.3 Å². The van der Waals surface area contributed by atoms with E-state index < -0.39 is 12.8 Å². The summed E-state index contributed by atoms with van der Waals surface area (Å²) in [6.45, 7) is 5.79. The smallest absolute Gasteiger partial charge is 0.422 e. The van der Waals surface area contributed by atoms with Crippen LogP contribution in [0.2, 0.25) is 0 Å². The van der Waals surface area contributed by atoms with Gasteiger partial charge in [0.1, 0.15) is 5.75 Å². The predicted molar refractivity (Wildman–Crippen MR) is 105 cm³/mol. The zero-order valence-corrected chi connectivity index (χ0v) is 16.7. The first-order chi connectivity index (χ1) is 13.3. The minimum absolute atomic E-state index is 0.194. The number of alkyl halides is 3. The zero-order chi connectivity index (χ0) is 20.6. The first kappa shape index (κ1) is 22.3. The summed E-state index contributed by atoms with van der Waals surface area (Å²) in [5, 5.41) is 6.60. The molecule has 1 aromatic carbocycles. The van der Waals surface area contributed by atoms with Crippen LogP contribution in [0.25, 0.3) is 0 Å². The third-order valence-electron chi connectivity index (χ3n) is 4.58. The summed E-state index contributed by atoms with van der Waals surface area (Å²) in [4.78, 5) is 9.23. The lowest BCUT2D eigenvalue weighted by molar-refractivity contribution is -0.153. The second-order valence-electron chi connectivity index (χ2n) is 7.02. The van der Waals surface area contributed by atoms with Gasteiger partial charge in [0.25, 0.3) is 0 Å². The van der Waals surface area contributed by atoms with Gasteiger partial charge in [0.2, 0.25) is 0 Å². The standard InChI is InChI=1S/C19H30F3N5O/c1-4-23-18(25-12-16-13-26(2)9-10-27(16)3)24-11-15-5-7-17(8-6-15)28-14-19(20,21)22/h5-8,16H,4,9-14H2,1-3H3,(H2,23,24,25). The maximum Gasteiger partial charge on any atom is 0.422 e. The highest BCUT2D eigenvalue weighted by Gasteiger charge is 2.28. The molecule has 0 aliphatic carbocycles. The van der Waals surface area contributed by atoms with E-state index in [0.717, 1.165) is 44.2 Å². The molecule has 0 bridgehead atoms. The molecule has 1 heterocycles. The Morgan fingerprint density at radius 3 is 2.54 bits per heavy atom. The molecule has 0 radical (unpaired) electrons. The van der Waals surface area contributed by atoms with Gasteiger partial charge in [0, 0.05) is 38.8 Å². The van der Waals surface area contributed by atoms with Crippen LogP contribution in [-0.2, 0) is 6.54 Å². The first-order valence-corrected chi connectivity index (χ1v) is 9.46. The van der Waals surface area contributed by atoms with Crippen molar-refractivity contribution in [2.75, 3.05) is 53.4 Å². The molecule has 0 saturated carbocycles. The van der Waals surface area contributed by atoms with Crippen LogP contribution in [0.5, 0.6) is 5.75 Å². The van der Waals surface area contributed by atoms with Gasteiger partial charge in [0.05, 0.1) is 6.54 Å². The number of ether oxygens (including phenoxy) is 1. The third-order valence-corrected chi connectivity index (χ3v) is 4.58. The van der Waals surface area contributed by atoms with Gasteiger partial charge in [-0.25, -0.2) is 4.99 Å². The number of nitrogens with one attached hydrogen (secondary N) is 2. The fourth-order valence-corrected chi connectivity index (χ4v) is 2.90. The predicted octanol–water partition coefficient (Wildman–Crippen LogP) is 1.93. The summed E-state index contributed by atoms with van der Waals surface area (Å²) in [5.41, 5.74) is 0.895. The van der Waals surface area contributed by atoms with Crippen molar-refractivity contribution in [1.29, 1.82) is 0 Å². The van der Waals surface area contributed by atoms with Gasteiger partial charge in [-0.1, -0.05) is 12.1 Å². The van der Waals surface area contributed by atoms with Gasteiger partial charge in [-0.05, 0) is 38.7 Å². The first-order valence-electron chi connectivity index (χ1n) is 9.46. The lowest BCUT2D eigenvalue weighted by atomic mass is 10.2. The topological polar surface area (TPSA) is 52.1 Å². The van der Waals surface area contributed by atoms with Crippen LogP contribution in [0, 0.1) is 0 Å². The van der Waals surface area contributed by atoms with Gasteiger partial charge in [0.15, 0.2) is 12.6 Å². The molecule has 1 fully saturated rings. The lowest BCUT2D eigenvalue weighted by Gasteiger charge is -2.37. The Balaban J connectivity index is 1.87. The second-order valence-corrected chi connectivity index (χ2v) is 7.02. The van der Waals surface area contributed by atoms with Crippen LogP contribution in [-0.4, -0.2) is 81.4 Å². The highest BCUT2D eigenvalue weighted by molar-refractivity contribution is 5.79. The number of hydrogen-bond acceptors (Lipinski definition) is 4. The molecular formula is C19H30F3N5O. The minimum Gasteiger partial charge on any atom is -0.484 e. The largest absolute Gasteiger partial charge is 0.484 e. The molecule has 28 heavy (non-hydrogen) atoms. The van der Waals surface area contributed by atoms with E-state index >= 15 is 0 Å². The van der Waals surface area contributed by atoms with E-state index in [1.807, 2.05) is 6.92 Å². The van der Waals surface area contributed by atoms with Crippen molar-refractivity contribution in [3.05, 3.63) is 29.8 Å². The van der Waals surface area contributed by atoms with Crippen molar-refractivity contribution in [3.8, 4) is 5.75 Å². The molecule has 0 aromatic heterocycles. The number of guanidine groups is 1. The fourth-order valence-electron chi connectivity index (χ4n) is 2.90. The van der Waals surface area contributed by atoms with E-state index in [4.69, 9.17) is 4.74 Å². The third kappa shape index (κ3) is 7.93. The van der Waals surface area contributed by atoms with Gasteiger partial charge >= 0.3 is 6.18 Å². The van der Waals surface area contributed by atoms with Crippen LogP contribution in [0.3, 0.4) is 0 Å². The van der Waals surface area contributed by atoms with E-state index in [2.05, 4.69) is 39.5 Å². The van der Waals surface area contributed by atoms with E-state index in [1.165, 1.54) is 12.1 Å². The molecular weight excluding hydrogens is 371 g/mol. The highest BCUT2D eigenvalue weighted by atomic mass is 19.4. The molecule has 6 nitrogen and oxygen atoms in total. The minimum atomic E-state index is -4.34. The average molecular weight is 401 g/mol. The Bertz CT molecular complexity index is 621. The number of piperazine rings is 1. The summed E-state index contributed by atoms with van der Waals surface area (Å²) >= 11 is 0. The van der Waals surface area contributed by atoms with Crippen molar-refractivity contribution in [2.24, 2.45) is 4.99 Å². The highest BCUT2D eigenvalue weighted by Crippen LogP contribution is 2.19. The number of rotatable bonds is 7. The molecule has 1 atom stereocenters.